The van der Waals surface area contributed by atoms with E-state index in [0.717, 1.165) is 0 Å². The lowest BCUT2D eigenvalue weighted by Crippen LogP contribution is -1.89. The van der Waals surface area contributed by atoms with Gasteiger partial charge in [0.25, 0.3) is 0 Å². The molecule has 13 nitrogen and oxygen atoms in total. The van der Waals surface area contributed by atoms with Gasteiger partial charge < -0.3 is 30.6 Å². The van der Waals surface area contributed by atoms with Crippen LogP contribution in [0, 0.1) is 0 Å². The molecule has 0 aliphatic heterocycles. The molecule has 0 saturated carbocycles. The van der Waals surface area contributed by atoms with Gasteiger partial charge in [0.15, 0.2) is 17.4 Å². The number of hydrogen-bond donors (Lipinski definition) is 8. The highest BCUT2D eigenvalue weighted by Crippen LogP contribution is 1.59. The Morgan fingerprint density at radius 2 is 0.611 bits per heavy atom. The number of carbonyl (C=O) groups is 3. The van der Waals surface area contributed by atoms with Crippen molar-refractivity contribution in [3.05, 3.63) is 0 Å². The van der Waals surface area contributed by atoms with E-state index in [2.05, 4.69) is 0 Å². The van der Waals surface area contributed by atoms with Gasteiger partial charge in [0, 0.05) is 0 Å². The van der Waals surface area contributed by atoms with E-state index < -0.39 is 28.9 Å². The number of hydrogen-bond acceptors (Lipinski definition) is 5. The Morgan fingerprint density at radius 1 is 0.611 bits per heavy atom. The van der Waals surface area contributed by atoms with E-state index >= 15 is 0 Å². The third-order valence-electron chi connectivity index (χ3n) is 0. The van der Waals surface area contributed by atoms with Gasteiger partial charge in [-0.3, -0.25) is 9.11 Å². The van der Waals surface area contributed by atoms with Crippen molar-refractivity contribution in [2.24, 2.45) is 0 Å². The van der Waals surface area contributed by atoms with Gasteiger partial charge in [-0.1, -0.05) is 0 Å². The molecule has 8 N–H and O–H groups in total. The summed E-state index contributed by atoms with van der Waals surface area (Å²) < 4.78 is 31.6. The zero-order chi connectivity index (χ0) is 15.2. The van der Waals surface area contributed by atoms with Crippen molar-refractivity contribution in [2.45, 2.75) is 0 Å². The van der Waals surface area contributed by atoms with Crippen LogP contribution in [0.2, 0.25) is 0 Å². The van der Waals surface area contributed by atoms with Gasteiger partial charge in [0.05, 0.1) is 0 Å². The maximum absolute atomic E-state index is 8.74. The summed E-state index contributed by atoms with van der Waals surface area (Å²) in [7, 11) is -4.67. The lowest BCUT2D eigenvalue weighted by molar-refractivity contribution is 0.135. The molecule has 0 unspecified atom stereocenters. The van der Waals surface area contributed by atoms with Gasteiger partial charge in [-0.2, -0.15) is 8.42 Å². The maximum atomic E-state index is 8.74. The molecule has 15 heteroatoms. The Kier molecular flexibility index (Phi) is 29.2. The van der Waals surface area contributed by atoms with Gasteiger partial charge in [-0.05, 0) is 0 Å². The van der Waals surface area contributed by atoms with E-state index in [0.29, 0.717) is 0 Å². The fourth-order valence-electron chi connectivity index (χ4n) is 0. The van der Waals surface area contributed by atoms with Gasteiger partial charge in [0.2, 0.25) is 0 Å². The van der Waals surface area contributed by atoms with Crippen LogP contribution in [0.3, 0.4) is 0 Å². The van der Waals surface area contributed by atoms with Crippen LogP contribution in [0.4, 0.5) is 14.4 Å². The van der Waals surface area contributed by atoms with Crippen molar-refractivity contribution >= 4 is 46.2 Å². The second-order valence-electron chi connectivity index (χ2n) is 1.30. The number of rotatable bonds is 0. The summed E-state index contributed by atoms with van der Waals surface area (Å²) >= 11 is 0. The van der Waals surface area contributed by atoms with E-state index in [4.69, 9.17) is 62.5 Å². The van der Waals surface area contributed by atoms with E-state index in [-0.39, 0.29) is 17.4 Å². The zero-order valence-electron chi connectivity index (χ0n) is 7.53. The molecule has 0 aromatic rings. The van der Waals surface area contributed by atoms with Crippen molar-refractivity contribution in [3.8, 4) is 0 Å². The summed E-state index contributed by atoms with van der Waals surface area (Å²) in [5, 5.41) is 41.8. The standard InChI is InChI=1S/3CH2O3.Al.H2O4S.3H/c3*2-1(3)4;;1-5(2,3)4;;;/h3*(H2,2,3,4);;(H2,1,2,3,4);;;. The summed E-state index contributed by atoms with van der Waals surface area (Å²) in [6.45, 7) is 0. The molecule has 0 radical (unpaired) electrons. The van der Waals surface area contributed by atoms with Crippen LogP contribution in [0.1, 0.15) is 0 Å². The van der Waals surface area contributed by atoms with Crippen molar-refractivity contribution < 1.29 is 62.5 Å². The third kappa shape index (κ3) is 776. The van der Waals surface area contributed by atoms with Crippen molar-refractivity contribution in [1.29, 1.82) is 0 Å². The molecule has 0 fully saturated rings. The molecule has 0 aromatic heterocycles. The quantitative estimate of drug-likeness (QED) is 0.194. The molecule has 0 atom stereocenters. The SMILES string of the molecule is O=C(O)O.O=C(O)O.O=C(O)O.O=S(=O)(O)O.[AlH3]. The fraction of sp³-hybridized carbons (Fsp3) is 0. The molecular formula is C3H11AlO13S. The first-order valence-electron chi connectivity index (χ1n) is 2.65. The van der Waals surface area contributed by atoms with Gasteiger partial charge in [-0.15, -0.1) is 0 Å². The largest absolute Gasteiger partial charge is 0.503 e. The molecule has 0 spiro atoms. The van der Waals surface area contributed by atoms with Crippen molar-refractivity contribution in [2.75, 3.05) is 0 Å². The molecule has 0 bridgehead atoms. The van der Waals surface area contributed by atoms with E-state index in [1.807, 2.05) is 0 Å². The third-order valence-corrected chi connectivity index (χ3v) is 0. The molecule has 0 aliphatic rings. The molecule has 0 aromatic carbocycles. The van der Waals surface area contributed by atoms with E-state index in [9.17, 15) is 0 Å². The maximum Gasteiger partial charge on any atom is 0.503 e. The van der Waals surface area contributed by atoms with E-state index in [1.54, 1.807) is 0 Å². The molecule has 110 valence electrons. The topological polar surface area (TPSA) is 247 Å². The van der Waals surface area contributed by atoms with E-state index in [1.165, 1.54) is 0 Å². The lowest BCUT2D eigenvalue weighted by Gasteiger charge is -1.68. The van der Waals surface area contributed by atoms with Crippen LogP contribution >= 0.6 is 0 Å². The lowest BCUT2D eigenvalue weighted by atomic mass is 11.5. The second-order valence-corrected chi connectivity index (χ2v) is 2.19. The van der Waals surface area contributed by atoms with Crippen LogP contribution in [-0.2, 0) is 10.4 Å². The fourth-order valence-corrected chi connectivity index (χ4v) is 0. The molecular weight excluding hydrogens is 303 g/mol. The van der Waals surface area contributed by atoms with Crippen LogP contribution in [0.5, 0.6) is 0 Å². The summed E-state index contributed by atoms with van der Waals surface area (Å²) in [6.07, 6.45) is -5.50. The highest BCUT2D eigenvalue weighted by molar-refractivity contribution is 7.79. The molecule has 0 heterocycles. The Bertz CT molecular complexity index is 269. The van der Waals surface area contributed by atoms with Crippen LogP contribution in [0.15, 0.2) is 0 Å². The van der Waals surface area contributed by atoms with Gasteiger partial charge in [0.1, 0.15) is 0 Å². The summed E-state index contributed by atoms with van der Waals surface area (Å²) in [4.78, 5) is 25.7. The first-order valence-corrected chi connectivity index (χ1v) is 4.05. The second kappa shape index (κ2) is 17.6. The smallest absolute Gasteiger partial charge is 0.450 e. The highest BCUT2D eigenvalue weighted by Gasteiger charge is 1.84. The highest BCUT2D eigenvalue weighted by atomic mass is 32.3. The average Bonchev–Trinajstić information content (AvgIpc) is 1.73. The predicted molar refractivity (Wildman–Crippen MR) is 56.1 cm³/mol. The van der Waals surface area contributed by atoms with Crippen molar-refractivity contribution in [3.63, 3.8) is 0 Å². The first kappa shape index (κ1) is 29.8. The van der Waals surface area contributed by atoms with Crippen LogP contribution < -0.4 is 0 Å². The molecule has 0 aliphatic carbocycles. The summed E-state index contributed by atoms with van der Waals surface area (Å²) in [5.41, 5.74) is 0. The minimum atomic E-state index is -4.67. The van der Waals surface area contributed by atoms with Crippen LogP contribution in [-0.4, -0.2) is 84.0 Å². The number of carboxylic acid groups (broad SMARTS) is 6. The molecule has 0 amide bonds. The average molecular weight is 314 g/mol. The monoisotopic (exact) mass is 314 g/mol. The minimum Gasteiger partial charge on any atom is -0.450 e. The normalized spacial score (nSPS) is 7.22. The Morgan fingerprint density at radius 3 is 0.611 bits per heavy atom. The Balaban J connectivity index is -0.0000000412. The van der Waals surface area contributed by atoms with Gasteiger partial charge in [-0.25, -0.2) is 14.4 Å². The molecule has 18 heavy (non-hydrogen) atoms. The predicted octanol–water partition coefficient (Wildman–Crippen LogP) is -1.17. The Labute approximate surface area is 109 Å². The minimum absolute atomic E-state index is 0. The Hall–Kier alpha value is -1.79. The summed E-state index contributed by atoms with van der Waals surface area (Å²) in [5.74, 6) is 0. The van der Waals surface area contributed by atoms with Gasteiger partial charge >= 0.3 is 28.9 Å². The molecule has 0 rings (SSSR count). The molecule has 0 saturated heterocycles. The zero-order valence-corrected chi connectivity index (χ0v) is 8.34. The van der Waals surface area contributed by atoms with Crippen molar-refractivity contribution in [1.82, 2.24) is 0 Å². The summed E-state index contributed by atoms with van der Waals surface area (Å²) in [6, 6.07) is 0. The first-order chi connectivity index (χ1) is 7.20. The van der Waals surface area contributed by atoms with Crippen LogP contribution in [0.25, 0.3) is 0 Å².